The molecule has 14 heavy (non-hydrogen) atoms. The van der Waals surface area contributed by atoms with E-state index in [1.165, 1.54) is 11.8 Å². The highest BCUT2D eigenvalue weighted by Gasteiger charge is 2.28. The zero-order valence-electron chi connectivity index (χ0n) is 7.64. The largest absolute Gasteiger partial charge is 0.461 e. The van der Waals surface area contributed by atoms with Gasteiger partial charge in [-0.25, -0.2) is 4.79 Å². The van der Waals surface area contributed by atoms with Crippen molar-refractivity contribution in [3.63, 3.8) is 0 Å². The van der Waals surface area contributed by atoms with Crippen LogP contribution in [0.5, 0.6) is 0 Å². The normalized spacial score (nSPS) is 21.9. The van der Waals surface area contributed by atoms with Crippen LogP contribution in [0.15, 0.2) is 10.1 Å². The van der Waals surface area contributed by atoms with Crippen LogP contribution in [0, 0.1) is 0 Å². The Morgan fingerprint density at radius 2 is 2.64 bits per heavy atom. The maximum Gasteiger partial charge on any atom is 0.358 e. The van der Waals surface area contributed by atoms with Gasteiger partial charge in [-0.1, -0.05) is 16.9 Å². The van der Waals surface area contributed by atoms with E-state index in [0.717, 1.165) is 0 Å². The number of carbonyl (C=O) groups is 1. The minimum absolute atomic E-state index is 0.0974. The van der Waals surface area contributed by atoms with E-state index in [1.807, 2.05) is 0 Å². The van der Waals surface area contributed by atoms with Gasteiger partial charge in [0.05, 0.1) is 6.61 Å². The molecule has 0 spiro atoms. The summed E-state index contributed by atoms with van der Waals surface area (Å²) in [5.41, 5.74) is 5.32. The first-order chi connectivity index (χ1) is 6.69. The van der Waals surface area contributed by atoms with E-state index in [0.29, 0.717) is 10.9 Å². The molecule has 1 atom stereocenters. The lowest BCUT2D eigenvalue weighted by atomic mass is 10.2. The molecule has 0 aromatic rings. The van der Waals surface area contributed by atoms with E-state index >= 15 is 0 Å². The van der Waals surface area contributed by atoms with Crippen LogP contribution in [0.1, 0.15) is 6.92 Å². The van der Waals surface area contributed by atoms with Gasteiger partial charge in [0.2, 0.25) is 0 Å². The van der Waals surface area contributed by atoms with Crippen molar-refractivity contribution in [2.45, 2.75) is 13.0 Å². The summed E-state index contributed by atoms with van der Waals surface area (Å²) in [6, 6.07) is -0.496. The zero-order chi connectivity index (χ0) is 10.6. The van der Waals surface area contributed by atoms with Gasteiger partial charge in [-0.2, -0.15) is 0 Å². The molecule has 0 radical (unpaired) electrons. The number of hydrogen-bond acceptors (Lipinski definition) is 7. The van der Waals surface area contributed by atoms with Gasteiger partial charge in [-0.05, 0) is 6.92 Å². The third-order valence-corrected chi connectivity index (χ3v) is 2.46. The SMILES string of the molecule is CCOC(=O)/C(=N\O)C1CSC(N)=N1. The summed E-state index contributed by atoms with van der Waals surface area (Å²) in [4.78, 5) is 15.2. The second kappa shape index (κ2) is 4.85. The highest BCUT2D eigenvalue weighted by Crippen LogP contribution is 2.16. The van der Waals surface area contributed by atoms with Crippen LogP contribution in [-0.2, 0) is 9.53 Å². The van der Waals surface area contributed by atoms with Crippen LogP contribution in [-0.4, -0.2) is 40.5 Å². The first kappa shape index (κ1) is 10.8. The molecule has 1 rings (SSSR count). The van der Waals surface area contributed by atoms with Crippen molar-refractivity contribution < 1.29 is 14.7 Å². The maximum absolute atomic E-state index is 11.2. The number of amidine groups is 1. The van der Waals surface area contributed by atoms with Gasteiger partial charge >= 0.3 is 5.97 Å². The van der Waals surface area contributed by atoms with E-state index in [4.69, 9.17) is 15.7 Å². The summed E-state index contributed by atoms with van der Waals surface area (Å²) in [6.45, 7) is 1.91. The van der Waals surface area contributed by atoms with Crippen molar-refractivity contribution in [1.29, 1.82) is 0 Å². The molecule has 1 unspecified atom stereocenters. The van der Waals surface area contributed by atoms with E-state index in [9.17, 15) is 4.79 Å². The monoisotopic (exact) mass is 217 g/mol. The average Bonchev–Trinajstić information content (AvgIpc) is 2.54. The second-order valence-electron chi connectivity index (χ2n) is 2.50. The lowest BCUT2D eigenvalue weighted by Gasteiger charge is -2.06. The van der Waals surface area contributed by atoms with E-state index < -0.39 is 12.0 Å². The number of thioether (sulfide) groups is 1. The van der Waals surface area contributed by atoms with Gasteiger partial charge in [0.15, 0.2) is 10.9 Å². The molecule has 0 fully saturated rings. The molecule has 1 heterocycles. The Balaban J connectivity index is 2.69. The number of rotatable bonds is 3. The van der Waals surface area contributed by atoms with Crippen LogP contribution in [0.3, 0.4) is 0 Å². The van der Waals surface area contributed by atoms with Crippen LogP contribution in [0.2, 0.25) is 0 Å². The van der Waals surface area contributed by atoms with Crippen molar-refractivity contribution in [2.24, 2.45) is 15.9 Å². The van der Waals surface area contributed by atoms with Gasteiger partial charge in [0, 0.05) is 5.75 Å². The van der Waals surface area contributed by atoms with Crippen LogP contribution >= 0.6 is 11.8 Å². The number of aliphatic imine (C=N–C) groups is 1. The summed E-state index contributed by atoms with van der Waals surface area (Å²) < 4.78 is 4.69. The van der Waals surface area contributed by atoms with Crippen LogP contribution < -0.4 is 5.73 Å². The molecule has 6 nitrogen and oxygen atoms in total. The smallest absolute Gasteiger partial charge is 0.358 e. The third kappa shape index (κ3) is 2.38. The molecule has 1 aliphatic rings. The predicted molar refractivity (Wildman–Crippen MR) is 53.7 cm³/mol. The molecule has 0 aromatic heterocycles. The van der Waals surface area contributed by atoms with Gasteiger partial charge < -0.3 is 15.7 Å². The lowest BCUT2D eigenvalue weighted by molar-refractivity contribution is -0.135. The molecule has 0 aromatic carbocycles. The number of hydrogen-bond donors (Lipinski definition) is 2. The minimum atomic E-state index is -0.654. The average molecular weight is 217 g/mol. The Morgan fingerprint density at radius 1 is 1.93 bits per heavy atom. The quantitative estimate of drug-likeness (QED) is 0.295. The topological polar surface area (TPSA) is 97.3 Å². The fraction of sp³-hybridized carbons (Fsp3) is 0.571. The Morgan fingerprint density at radius 3 is 3.07 bits per heavy atom. The summed E-state index contributed by atoms with van der Waals surface area (Å²) in [5, 5.41) is 11.9. The minimum Gasteiger partial charge on any atom is -0.461 e. The number of nitrogens with two attached hydrogens (primary N) is 1. The van der Waals surface area contributed by atoms with Gasteiger partial charge in [-0.15, -0.1) is 0 Å². The Kier molecular flexibility index (Phi) is 3.75. The van der Waals surface area contributed by atoms with E-state index in [-0.39, 0.29) is 12.3 Å². The lowest BCUT2D eigenvalue weighted by Crippen LogP contribution is -2.29. The molecular weight excluding hydrogens is 206 g/mol. The van der Waals surface area contributed by atoms with Crippen LogP contribution in [0.4, 0.5) is 0 Å². The third-order valence-electron chi connectivity index (χ3n) is 1.58. The van der Waals surface area contributed by atoms with Crippen molar-refractivity contribution in [3.05, 3.63) is 0 Å². The molecule has 78 valence electrons. The molecule has 7 heteroatoms. The molecular formula is C7H11N3O3S. The van der Waals surface area contributed by atoms with Gasteiger partial charge in [-0.3, -0.25) is 4.99 Å². The molecule has 3 N–H and O–H groups in total. The zero-order valence-corrected chi connectivity index (χ0v) is 8.45. The molecule has 0 saturated carbocycles. The molecule has 0 amide bonds. The second-order valence-corrected chi connectivity index (χ2v) is 3.54. The Labute approximate surface area is 85.2 Å². The highest BCUT2D eigenvalue weighted by molar-refractivity contribution is 8.14. The van der Waals surface area contributed by atoms with Crippen molar-refractivity contribution in [1.82, 2.24) is 0 Å². The van der Waals surface area contributed by atoms with Crippen molar-refractivity contribution in [3.8, 4) is 0 Å². The number of carbonyl (C=O) groups excluding carboxylic acids is 1. The van der Waals surface area contributed by atoms with E-state index in [2.05, 4.69) is 10.1 Å². The molecule has 1 aliphatic heterocycles. The number of ether oxygens (including phenoxy) is 1. The van der Waals surface area contributed by atoms with E-state index in [1.54, 1.807) is 6.92 Å². The summed E-state index contributed by atoms with van der Waals surface area (Å²) in [7, 11) is 0. The first-order valence-electron chi connectivity index (χ1n) is 4.04. The molecule has 0 bridgehead atoms. The molecule has 0 aliphatic carbocycles. The van der Waals surface area contributed by atoms with Crippen molar-refractivity contribution >= 4 is 28.6 Å². The van der Waals surface area contributed by atoms with Gasteiger partial charge in [0.1, 0.15) is 6.04 Å². The maximum atomic E-state index is 11.2. The fourth-order valence-electron chi connectivity index (χ4n) is 0.981. The van der Waals surface area contributed by atoms with Gasteiger partial charge in [0.25, 0.3) is 0 Å². The van der Waals surface area contributed by atoms with Crippen LogP contribution in [0.25, 0.3) is 0 Å². The number of nitrogens with zero attached hydrogens (tertiary/aromatic N) is 2. The number of esters is 1. The first-order valence-corrected chi connectivity index (χ1v) is 5.02. The summed E-state index contributed by atoms with van der Waals surface area (Å²) in [6.07, 6.45) is 0. The molecule has 0 saturated heterocycles. The standard InChI is InChI=1S/C7H11N3O3S/c1-2-13-6(11)5(10-12)4-3-14-7(8)9-4/h4,12H,2-3H2,1H3,(H2,8,9)/b10-5-. The Hall–Kier alpha value is -1.24. The summed E-state index contributed by atoms with van der Waals surface area (Å²) in [5.74, 6) is -0.150. The summed E-state index contributed by atoms with van der Waals surface area (Å²) >= 11 is 1.31. The number of oxime groups is 1. The highest BCUT2D eigenvalue weighted by atomic mass is 32.2. The predicted octanol–water partition coefficient (Wildman–Crippen LogP) is -0.190. The van der Waals surface area contributed by atoms with Crippen molar-refractivity contribution in [2.75, 3.05) is 12.4 Å². The fourth-order valence-corrected chi connectivity index (χ4v) is 1.74. The Bertz CT molecular complexity index is 290.